The summed E-state index contributed by atoms with van der Waals surface area (Å²) in [6.07, 6.45) is 6.95. The van der Waals surface area contributed by atoms with E-state index in [-0.39, 0.29) is 5.82 Å². The fraction of sp³-hybridized carbons (Fsp3) is 0.300. The zero-order chi connectivity index (χ0) is 32.1. The lowest BCUT2D eigenvalue weighted by Crippen LogP contribution is -2.21. The van der Waals surface area contributed by atoms with E-state index in [1.807, 2.05) is 34.9 Å². The topological polar surface area (TPSA) is 44.9 Å². The van der Waals surface area contributed by atoms with Crippen molar-refractivity contribution in [3.63, 3.8) is 0 Å². The second-order valence-electron chi connectivity index (χ2n) is 13.0. The molecular weight excluding hydrogens is 571 g/mol. The lowest BCUT2D eigenvalue weighted by atomic mass is 9.72. The number of hydrogen-bond acceptors (Lipinski definition) is 3. The van der Waals surface area contributed by atoms with Gasteiger partial charge in [-0.1, -0.05) is 57.5 Å². The number of aryl methyl sites for hydroxylation is 2. The molecule has 1 aliphatic carbocycles. The summed E-state index contributed by atoms with van der Waals surface area (Å²) in [5, 5.41) is 7.36. The van der Waals surface area contributed by atoms with Gasteiger partial charge in [-0.05, 0) is 86.9 Å². The number of hydrogen-bond donors (Lipinski definition) is 0. The lowest BCUT2D eigenvalue weighted by Gasteiger charge is -2.33. The van der Waals surface area contributed by atoms with E-state index in [1.165, 1.54) is 47.3 Å². The quantitative estimate of drug-likeness (QED) is 0.169. The van der Waals surface area contributed by atoms with Gasteiger partial charge < -0.3 is 4.74 Å². The van der Waals surface area contributed by atoms with Crippen molar-refractivity contribution in [1.82, 2.24) is 19.3 Å². The molecule has 234 valence electrons. The molecule has 0 aliphatic heterocycles. The van der Waals surface area contributed by atoms with Gasteiger partial charge in [0, 0.05) is 52.3 Å². The zero-order valence-corrected chi connectivity index (χ0v) is 27.5. The van der Waals surface area contributed by atoms with Crippen molar-refractivity contribution < 1.29 is 9.13 Å². The minimum absolute atomic E-state index is 0.325. The monoisotopic (exact) mass is 612 g/mol. The Kier molecular flexibility index (Phi) is 7.75. The summed E-state index contributed by atoms with van der Waals surface area (Å²) < 4.78 is 25.0. The average molecular weight is 613 g/mol. The van der Waals surface area contributed by atoms with E-state index in [9.17, 15) is 4.39 Å². The van der Waals surface area contributed by atoms with Crippen LogP contribution in [-0.4, -0.2) is 19.3 Å². The van der Waals surface area contributed by atoms with E-state index in [0.717, 1.165) is 51.6 Å². The molecule has 0 radical (unpaired) electrons. The van der Waals surface area contributed by atoms with Crippen LogP contribution in [0.25, 0.3) is 33.3 Å². The molecule has 3 heterocycles. The second-order valence-corrected chi connectivity index (χ2v) is 13.0. The molecule has 0 amide bonds. The van der Waals surface area contributed by atoms with Gasteiger partial charge in [-0.15, -0.1) is 0 Å². The molecule has 3 aromatic heterocycles. The van der Waals surface area contributed by atoms with Crippen LogP contribution in [-0.2, 0) is 12.8 Å². The van der Waals surface area contributed by atoms with Crippen LogP contribution in [0.5, 0.6) is 11.5 Å². The smallest absolute Gasteiger partial charge is 0.140 e. The summed E-state index contributed by atoms with van der Waals surface area (Å²) in [7, 11) is 0. The van der Waals surface area contributed by atoms with Gasteiger partial charge >= 0.3 is 0 Å². The van der Waals surface area contributed by atoms with Crippen LogP contribution in [0, 0.1) is 24.6 Å². The molecule has 0 saturated carbocycles. The van der Waals surface area contributed by atoms with Crippen molar-refractivity contribution in [2.75, 3.05) is 0 Å². The Bertz CT molecular complexity index is 2120. The number of ether oxygens (including phenoxy) is 1. The van der Waals surface area contributed by atoms with Crippen molar-refractivity contribution in [2.45, 2.75) is 66.7 Å². The minimum Gasteiger partial charge on any atom is -0.457 e. The molecular formula is C40H41FN4O. The van der Waals surface area contributed by atoms with Crippen molar-refractivity contribution in [3.05, 3.63) is 119 Å². The van der Waals surface area contributed by atoms with Gasteiger partial charge in [-0.25, -0.2) is 14.1 Å². The average Bonchev–Trinajstić information content (AvgIpc) is 3.55. The van der Waals surface area contributed by atoms with Crippen LogP contribution in [0.1, 0.15) is 69.5 Å². The molecule has 6 aromatic rings. The molecule has 5 nitrogen and oxygen atoms in total. The Labute approximate surface area is 270 Å². The Balaban J connectivity index is 1.31. The van der Waals surface area contributed by atoms with Crippen LogP contribution in [0.2, 0.25) is 0 Å². The predicted molar refractivity (Wildman–Crippen MR) is 185 cm³/mol. The highest BCUT2D eigenvalue weighted by molar-refractivity contribution is 6.09. The first-order valence-electron chi connectivity index (χ1n) is 16.5. The minimum atomic E-state index is -0.325. The van der Waals surface area contributed by atoms with Crippen LogP contribution in [0.3, 0.4) is 0 Å². The Hall–Kier alpha value is -4.71. The number of benzene rings is 3. The number of fused-ring (bicyclic) bond motifs is 3. The summed E-state index contributed by atoms with van der Waals surface area (Å²) in [4.78, 5) is 4.50. The maximum Gasteiger partial charge on any atom is 0.140 e. The lowest BCUT2D eigenvalue weighted by molar-refractivity contribution is 0.389. The molecule has 7 rings (SSSR count). The van der Waals surface area contributed by atoms with Crippen molar-refractivity contribution in [3.8, 4) is 23.0 Å². The Morgan fingerprint density at radius 1 is 0.870 bits per heavy atom. The number of allylic oxidation sites excluding steroid dienone is 2. The molecule has 6 heteroatoms. The highest BCUT2D eigenvalue weighted by atomic mass is 19.1. The SMILES string of the molecule is CCc1nn(-c2cc(C)cc(Oc3ccc4c5ccccc5n(-c5cc(F)ccn5)c4c3)c2)c(CC)c1C1C(C)=C[C@H](C)C[C@@H]1C. The van der Waals surface area contributed by atoms with E-state index < -0.39 is 0 Å². The summed E-state index contributed by atoms with van der Waals surface area (Å²) in [5.41, 5.74) is 9.30. The number of nitrogens with zero attached hydrogens (tertiary/aromatic N) is 4. The van der Waals surface area contributed by atoms with Crippen LogP contribution < -0.4 is 4.74 Å². The Morgan fingerprint density at radius 3 is 2.43 bits per heavy atom. The maximum atomic E-state index is 14.3. The van der Waals surface area contributed by atoms with E-state index in [2.05, 4.69) is 87.6 Å². The van der Waals surface area contributed by atoms with Crippen molar-refractivity contribution in [2.24, 2.45) is 11.8 Å². The highest BCUT2D eigenvalue weighted by Crippen LogP contribution is 2.44. The number of aromatic nitrogens is 4. The first-order valence-corrected chi connectivity index (χ1v) is 16.5. The summed E-state index contributed by atoms with van der Waals surface area (Å²) in [6.45, 7) is 13.6. The van der Waals surface area contributed by atoms with Crippen LogP contribution in [0.4, 0.5) is 4.39 Å². The summed E-state index contributed by atoms with van der Waals surface area (Å²) in [5.74, 6) is 3.21. The number of pyridine rings is 1. The molecule has 0 saturated heterocycles. The molecule has 0 bridgehead atoms. The standard InChI is InChI=1S/C40H41FN4O/c1-7-34-40(39-26(5)17-24(3)18-27(39)6)35(8-2)45(43-34)29-19-25(4)20-31(22-29)46-30-13-14-33-32-11-9-10-12-36(32)44(37(33)23-30)38-21-28(41)15-16-42-38/h9-17,19-24,27,39H,7-8,18H2,1-6H3/t24-,27-,39?/m0/s1. The first kappa shape index (κ1) is 30.0. The third-order valence-electron chi connectivity index (χ3n) is 9.53. The van der Waals surface area contributed by atoms with Crippen LogP contribution in [0.15, 0.2) is 90.6 Å². The maximum absolute atomic E-state index is 14.3. The van der Waals surface area contributed by atoms with Crippen molar-refractivity contribution >= 4 is 21.8 Å². The van der Waals surface area contributed by atoms with Gasteiger partial charge in [0.2, 0.25) is 0 Å². The first-order chi connectivity index (χ1) is 22.2. The second kappa shape index (κ2) is 11.9. The molecule has 0 N–H and O–H groups in total. The molecule has 0 fully saturated rings. The van der Waals surface area contributed by atoms with Gasteiger partial charge in [-0.2, -0.15) is 5.10 Å². The summed E-state index contributed by atoms with van der Waals surface area (Å²) in [6, 6.07) is 23.4. The predicted octanol–water partition coefficient (Wildman–Crippen LogP) is 10.4. The molecule has 3 atom stereocenters. The van der Waals surface area contributed by atoms with E-state index in [1.54, 1.807) is 0 Å². The molecule has 1 aliphatic rings. The number of para-hydroxylation sites is 1. The normalized spacial score (nSPS) is 18.3. The number of halogens is 1. The fourth-order valence-electron chi connectivity index (χ4n) is 7.82. The van der Waals surface area contributed by atoms with E-state index >= 15 is 0 Å². The van der Waals surface area contributed by atoms with Crippen LogP contribution >= 0.6 is 0 Å². The van der Waals surface area contributed by atoms with Gasteiger partial charge in [0.25, 0.3) is 0 Å². The zero-order valence-electron chi connectivity index (χ0n) is 27.5. The van der Waals surface area contributed by atoms with Gasteiger partial charge in [0.1, 0.15) is 23.1 Å². The van der Waals surface area contributed by atoms with E-state index in [0.29, 0.717) is 29.3 Å². The van der Waals surface area contributed by atoms with Gasteiger partial charge in [0.15, 0.2) is 0 Å². The fourth-order valence-corrected chi connectivity index (χ4v) is 7.82. The molecule has 0 spiro atoms. The van der Waals surface area contributed by atoms with Crippen molar-refractivity contribution in [1.29, 1.82) is 0 Å². The third kappa shape index (κ3) is 5.20. The Morgan fingerprint density at radius 2 is 1.67 bits per heavy atom. The highest BCUT2D eigenvalue weighted by Gasteiger charge is 2.32. The third-order valence-corrected chi connectivity index (χ3v) is 9.53. The molecule has 3 aromatic carbocycles. The molecule has 1 unspecified atom stereocenters. The van der Waals surface area contributed by atoms with E-state index in [4.69, 9.17) is 9.84 Å². The largest absolute Gasteiger partial charge is 0.457 e. The van der Waals surface area contributed by atoms with Gasteiger partial charge in [-0.3, -0.25) is 4.57 Å². The summed E-state index contributed by atoms with van der Waals surface area (Å²) >= 11 is 0. The molecule has 46 heavy (non-hydrogen) atoms. The number of rotatable bonds is 7. The van der Waals surface area contributed by atoms with Gasteiger partial charge in [0.05, 0.1) is 22.4 Å².